The van der Waals surface area contributed by atoms with Gasteiger partial charge in [0.25, 0.3) is 0 Å². The Morgan fingerprint density at radius 3 is 3.00 bits per heavy atom. The van der Waals surface area contributed by atoms with Crippen molar-refractivity contribution in [2.75, 3.05) is 11.9 Å². The lowest BCUT2D eigenvalue weighted by molar-refractivity contribution is -0.119. The third kappa shape index (κ3) is 2.90. The molecule has 0 aliphatic carbocycles. The van der Waals surface area contributed by atoms with Crippen LogP contribution in [0.3, 0.4) is 0 Å². The van der Waals surface area contributed by atoms with Crippen molar-refractivity contribution >= 4 is 22.5 Å². The van der Waals surface area contributed by atoms with E-state index in [-0.39, 0.29) is 11.9 Å². The van der Waals surface area contributed by atoms with E-state index in [2.05, 4.69) is 22.5 Å². The maximum absolute atomic E-state index is 12.5. The normalized spacial score (nSPS) is 22.2. The lowest BCUT2D eigenvalue weighted by atomic mass is 9.92. The molecule has 0 radical (unpaired) electrons. The highest BCUT2D eigenvalue weighted by atomic mass is 16.2. The number of rotatable bonds is 2. The van der Waals surface area contributed by atoms with Gasteiger partial charge in [0.1, 0.15) is 0 Å². The van der Waals surface area contributed by atoms with Crippen LogP contribution in [0.15, 0.2) is 30.3 Å². The zero-order valence-corrected chi connectivity index (χ0v) is 12.5. The standard InChI is InChI=1S/C17H21N3O/c1-11-6-5-9-18-16(11)17(21)20-15-10-12(2)19-14-8-4-3-7-13(14)15/h3-4,7-8,10-11,16,18H,5-6,9H2,1-2H3,(H,19,20,21). The number of para-hydroxylation sites is 1. The number of piperidine rings is 1. The molecule has 2 heterocycles. The number of amides is 1. The molecule has 1 aromatic carbocycles. The van der Waals surface area contributed by atoms with Gasteiger partial charge in [-0.25, -0.2) is 0 Å². The van der Waals surface area contributed by atoms with Crippen molar-refractivity contribution in [2.45, 2.75) is 32.7 Å². The SMILES string of the molecule is Cc1cc(NC(=O)C2NCCCC2C)c2ccccc2n1. The molecule has 2 N–H and O–H groups in total. The van der Waals surface area contributed by atoms with Crippen LogP contribution in [0.5, 0.6) is 0 Å². The molecule has 1 amide bonds. The number of pyridine rings is 1. The summed E-state index contributed by atoms with van der Waals surface area (Å²) in [5.41, 5.74) is 2.67. The first-order chi connectivity index (χ1) is 10.1. The van der Waals surface area contributed by atoms with Crippen molar-refractivity contribution in [3.05, 3.63) is 36.0 Å². The van der Waals surface area contributed by atoms with E-state index in [4.69, 9.17) is 0 Å². The molecule has 1 aromatic heterocycles. The Morgan fingerprint density at radius 2 is 2.19 bits per heavy atom. The molecule has 1 saturated heterocycles. The number of anilines is 1. The zero-order chi connectivity index (χ0) is 14.8. The van der Waals surface area contributed by atoms with E-state index >= 15 is 0 Å². The molecular formula is C17H21N3O. The summed E-state index contributed by atoms with van der Waals surface area (Å²) in [5.74, 6) is 0.422. The van der Waals surface area contributed by atoms with Gasteiger partial charge in [-0.3, -0.25) is 9.78 Å². The maximum atomic E-state index is 12.5. The van der Waals surface area contributed by atoms with Crippen molar-refractivity contribution < 1.29 is 4.79 Å². The van der Waals surface area contributed by atoms with E-state index < -0.39 is 0 Å². The van der Waals surface area contributed by atoms with Gasteiger partial charge in [-0.1, -0.05) is 25.1 Å². The number of hydrogen-bond acceptors (Lipinski definition) is 3. The summed E-state index contributed by atoms with van der Waals surface area (Å²) in [6.45, 7) is 4.99. The van der Waals surface area contributed by atoms with E-state index in [1.807, 2.05) is 37.3 Å². The van der Waals surface area contributed by atoms with Gasteiger partial charge in [0.15, 0.2) is 0 Å². The van der Waals surface area contributed by atoms with Gasteiger partial charge in [0.05, 0.1) is 17.2 Å². The van der Waals surface area contributed by atoms with Crippen LogP contribution in [0.2, 0.25) is 0 Å². The summed E-state index contributed by atoms with van der Waals surface area (Å²) < 4.78 is 0. The first-order valence-electron chi connectivity index (χ1n) is 7.56. The molecule has 4 nitrogen and oxygen atoms in total. The molecule has 2 atom stereocenters. The van der Waals surface area contributed by atoms with Crippen LogP contribution in [0.25, 0.3) is 10.9 Å². The largest absolute Gasteiger partial charge is 0.324 e. The average Bonchev–Trinajstić information content (AvgIpc) is 2.47. The van der Waals surface area contributed by atoms with E-state index in [9.17, 15) is 4.79 Å². The highest BCUT2D eigenvalue weighted by Gasteiger charge is 2.27. The van der Waals surface area contributed by atoms with Crippen LogP contribution >= 0.6 is 0 Å². The second-order valence-electron chi connectivity index (χ2n) is 5.87. The molecule has 2 aromatic rings. The number of aromatic nitrogens is 1. The molecule has 4 heteroatoms. The monoisotopic (exact) mass is 283 g/mol. The van der Waals surface area contributed by atoms with Crippen LogP contribution in [0, 0.1) is 12.8 Å². The molecule has 1 aliphatic heterocycles. The van der Waals surface area contributed by atoms with Crippen molar-refractivity contribution in [2.24, 2.45) is 5.92 Å². The van der Waals surface area contributed by atoms with E-state index in [0.29, 0.717) is 5.92 Å². The van der Waals surface area contributed by atoms with E-state index in [0.717, 1.165) is 41.7 Å². The quantitative estimate of drug-likeness (QED) is 0.891. The minimum atomic E-state index is -0.106. The van der Waals surface area contributed by atoms with Crippen LogP contribution < -0.4 is 10.6 Å². The molecule has 0 spiro atoms. The van der Waals surface area contributed by atoms with Crippen LogP contribution in [0.1, 0.15) is 25.5 Å². The Labute approximate surface area is 125 Å². The van der Waals surface area contributed by atoms with Crippen molar-refractivity contribution in [1.82, 2.24) is 10.3 Å². The van der Waals surface area contributed by atoms with Crippen molar-refractivity contribution in [3.8, 4) is 0 Å². The van der Waals surface area contributed by atoms with Crippen LogP contribution in [-0.4, -0.2) is 23.5 Å². The third-order valence-corrected chi connectivity index (χ3v) is 4.15. The molecule has 0 bridgehead atoms. The predicted molar refractivity (Wildman–Crippen MR) is 85.3 cm³/mol. The predicted octanol–water partition coefficient (Wildman–Crippen LogP) is 2.87. The molecule has 1 fully saturated rings. The Bertz CT molecular complexity index is 668. The summed E-state index contributed by atoms with van der Waals surface area (Å²) in [6.07, 6.45) is 2.24. The number of carbonyl (C=O) groups excluding carboxylic acids is 1. The van der Waals surface area contributed by atoms with Gasteiger partial charge in [0, 0.05) is 11.1 Å². The van der Waals surface area contributed by atoms with Gasteiger partial charge >= 0.3 is 0 Å². The van der Waals surface area contributed by atoms with Crippen molar-refractivity contribution in [1.29, 1.82) is 0 Å². The van der Waals surface area contributed by atoms with Crippen molar-refractivity contribution in [3.63, 3.8) is 0 Å². The van der Waals surface area contributed by atoms with Crippen LogP contribution in [0.4, 0.5) is 5.69 Å². The van der Waals surface area contributed by atoms with Crippen LogP contribution in [-0.2, 0) is 4.79 Å². The number of hydrogen-bond donors (Lipinski definition) is 2. The fourth-order valence-corrected chi connectivity index (χ4v) is 3.02. The first-order valence-corrected chi connectivity index (χ1v) is 7.56. The summed E-state index contributed by atoms with van der Waals surface area (Å²) in [6, 6.07) is 9.73. The van der Waals surface area contributed by atoms with E-state index in [1.54, 1.807) is 0 Å². The Morgan fingerprint density at radius 1 is 1.38 bits per heavy atom. The maximum Gasteiger partial charge on any atom is 0.241 e. The number of nitrogens with one attached hydrogen (secondary N) is 2. The Kier molecular flexibility index (Phi) is 3.88. The lowest BCUT2D eigenvalue weighted by Gasteiger charge is -2.29. The molecular weight excluding hydrogens is 262 g/mol. The molecule has 1 aliphatic rings. The minimum absolute atomic E-state index is 0.0537. The average molecular weight is 283 g/mol. The number of nitrogens with zero attached hydrogens (tertiary/aromatic N) is 1. The number of benzene rings is 1. The summed E-state index contributed by atoms with van der Waals surface area (Å²) in [5, 5.41) is 7.39. The van der Waals surface area contributed by atoms with Gasteiger partial charge in [-0.15, -0.1) is 0 Å². The Hall–Kier alpha value is -1.94. The summed E-state index contributed by atoms with van der Waals surface area (Å²) >= 11 is 0. The second kappa shape index (κ2) is 5.82. The first kappa shape index (κ1) is 14.0. The number of aryl methyl sites for hydroxylation is 1. The molecule has 21 heavy (non-hydrogen) atoms. The van der Waals surface area contributed by atoms with Gasteiger partial charge in [-0.05, 0) is 44.4 Å². The molecule has 110 valence electrons. The number of carbonyl (C=O) groups is 1. The second-order valence-corrected chi connectivity index (χ2v) is 5.87. The van der Waals surface area contributed by atoms with Gasteiger partial charge < -0.3 is 10.6 Å². The lowest BCUT2D eigenvalue weighted by Crippen LogP contribution is -2.48. The topological polar surface area (TPSA) is 54.0 Å². The fourth-order valence-electron chi connectivity index (χ4n) is 3.02. The fraction of sp³-hybridized carbons (Fsp3) is 0.412. The van der Waals surface area contributed by atoms with Gasteiger partial charge in [-0.2, -0.15) is 0 Å². The zero-order valence-electron chi connectivity index (χ0n) is 12.5. The third-order valence-electron chi connectivity index (χ3n) is 4.15. The van der Waals surface area contributed by atoms with E-state index in [1.165, 1.54) is 0 Å². The Balaban J connectivity index is 1.89. The number of fused-ring (bicyclic) bond motifs is 1. The smallest absolute Gasteiger partial charge is 0.241 e. The minimum Gasteiger partial charge on any atom is -0.324 e. The molecule has 2 unspecified atom stereocenters. The molecule has 0 saturated carbocycles. The summed E-state index contributed by atoms with van der Waals surface area (Å²) in [7, 11) is 0. The summed E-state index contributed by atoms with van der Waals surface area (Å²) in [4.78, 5) is 17.0. The molecule has 3 rings (SSSR count). The highest BCUT2D eigenvalue weighted by Crippen LogP contribution is 2.24. The van der Waals surface area contributed by atoms with Gasteiger partial charge in [0.2, 0.25) is 5.91 Å². The highest BCUT2D eigenvalue weighted by molar-refractivity contribution is 6.03.